The summed E-state index contributed by atoms with van der Waals surface area (Å²) in [7, 11) is 1.33. The van der Waals surface area contributed by atoms with Crippen LogP contribution in [0.1, 0.15) is 10.4 Å². The van der Waals surface area contributed by atoms with E-state index in [-0.39, 0.29) is 12.5 Å². The molecular weight excluding hydrogens is 244 g/mol. The quantitative estimate of drug-likeness (QED) is 0.852. The van der Waals surface area contributed by atoms with E-state index in [0.29, 0.717) is 11.3 Å². The van der Waals surface area contributed by atoms with Crippen molar-refractivity contribution in [2.75, 3.05) is 12.4 Å². The second-order valence-corrected chi connectivity index (χ2v) is 3.97. The number of methoxy groups -OCH3 is 1. The number of esters is 1. The highest BCUT2D eigenvalue weighted by molar-refractivity contribution is 5.92. The van der Waals surface area contributed by atoms with Crippen LogP contribution < -0.4 is 5.32 Å². The summed E-state index contributed by atoms with van der Waals surface area (Å²) in [6.45, 7) is 0.256. The molecule has 98 valence electrons. The van der Waals surface area contributed by atoms with E-state index in [1.807, 2.05) is 24.5 Å². The molecule has 1 heterocycles. The molecule has 1 aromatic carbocycles. The van der Waals surface area contributed by atoms with Gasteiger partial charge >= 0.3 is 5.97 Å². The molecule has 0 spiro atoms. The number of nitrogens with zero attached hydrogens (tertiary/aromatic N) is 1. The first kappa shape index (κ1) is 12.9. The van der Waals surface area contributed by atoms with E-state index in [0.717, 1.165) is 0 Å². The topological polar surface area (TPSA) is 60.3 Å². The minimum absolute atomic E-state index is 0.123. The van der Waals surface area contributed by atoms with Crippen LogP contribution in [0.15, 0.2) is 48.8 Å². The van der Waals surface area contributed by atoms with Crippen molar-refractivity contribution in [3.05, 3.63) is 54.4 Å². The van der Waals surface area contributed by atoms with Gasteiger partial charge in [-0.05, 0) is 36.4 Å². The summed E-state index contributed by atoms with van der Waals surface area (Å²) in [6.07, 6.45) is 3.64. The highest BCUT2D eigenvalue weighted by Gasteiger charge is 2.06. The Morgan fingerprint density at radius 3 is 2.37 bits per heavy atom. The molecule has 5 heteroatoms. The van der Waals surface area contributed by atoms with Gasteiger partial charge in [-0.3, -0.25) is 4.79 Å². The molecule has 0 atom stereocenters. The zero-order valence-electron chi connectivity index (χ0n) is 10.5. The van der Waals surface area contributed by atoms with Crippen molar-refractivity contribution in [3.63, 3.8) is 0 Å². The molecule has 2 aromatic rings. The number of amides is 1. The second-order valence-electron chi connectivity index (χ2n) is 3.97. The summed E-state index contributed by atoms with van der Waals surface area (Å²) < 4.78 is 6.37. The minimum Gasteiger partial charge on any atom is -0.465 e. The number of ether oxygens (including phenoxy) is 1. The van der Waals surface area contributed by atoms with E-state index in [2.05, 4.69) is 10.1 Å². The van der Waals surface area contributed by atoms with E-state index in [1.54, 1.807) is 28.8 Å². The second kappa shape index (κ2) is 5.86. The first-order valence-corrected chi connectivity index (χ1v) is 5.78. The Labute approximate surface area is 110 Å². The number of carbonyl (C=O) groups excluding carboxylic acids is 2. The van der Waals surface area contributed by atoms with Crippen LogP contribution in [0.5, 0.6) is 0 Å². The average molecular weight is 258 g/mol. The Kier molecular flexibility index (Phi) is 3.97. The lowest BCUT2D eigenvalue weighted by Gasteiger charge is -2.06. The maximum absolute atomic E-state index is 11.7. The van der Waals surface area contributed by atoms with Crippen molar-refractivity contribution in [1.82, 2.24) is 4.57 Å². The van der Waals surface area contributed by atoms with Crippen molar-refractivity contribution in [2.45, 2.75) is 6.54 Å². The average Bonchev–Trinajstić information content (AvgIpc) is 2.91. The Hall–Kier alpha value is -2.56. The first-order valence-electron chi connectivity index (χ1n) is 5.78. The van der Waals surface area contributed by atoms with Crippen LogP contribution in [0.2, 0.25) is 0 Å². The van der Waals surface area contributed by atoms with Crippen molar-refractivity contribution in [2.24, 2.45) is 0 Å². The predicted octanol–water partition coefficient (Wildman–Crippen LogP) is 1.91. The number of benzene rings is 1. The Bertz CT molecular complexity index is 559. The lowest BCUT2D eigenvalue weighted by molar-refractivity contribution is -0.116. The van der Waals surface area contributed by atoms with Gasteiger partial charge in [0, 0.05) is 18.1 Å². The number of nitrogens with one attached hydrogen (secondary N) is 1. The van der Waals surface area contributed by atoms with Gasteiger partial charge in [-0.15, -0.1) is 0 Å². The van der Waals surface area contributed by atoms with Crippen LogP contribution >= 0.6 is 0 Å². The number of rotatable bonds is 4. The number of aromatic nitrogens is 1. The van der Waals surface area contributed by atoms with Crippen LogP contribution in [0.3, 0.4) is 0 Å². The standard InChI is InChI=1S/C14H14N2O3/c1-19-14(18)11-4-6-12(7-5-11)15-13(17)10-16-8-2-3-9-16/h2-9H,10H2,1H3,(H,15,17). The van der Waals surface area contributed by atoms with E-state index in [9.17, 15) is 9.59 Å². The van der Waals surface area contributed by atoms with Gasteiger partial charge in [-0.2, -0.15) is 0 Å². The molecule has 5 nitrogen and oxygen atoms in total. The minimum atomic E-state index is -0.398. The molecule has 1 aromatic heterocycles. The number of carbonyl (C=O) groups is 2. The third-order valence-electron chi connectivity index (χ3n) is 2.58. The van der Waals surface area contributed by atoms with Gasteiger partial charge in [-0.1, -0.05) is 0 Å². The van der Waals surface area contributed by atoms with Crippen molar-refractivity contribution in [1.29, 1.82) is 0 Å². The fourth-order valence-corrected chi connectivity index (χ4v) is 1.65. The largest absolute Gasteiger partial charge is 0.465 e. The summed E-state index contributed by atoms with van der Waals surface area (Å²) >= 11 is 0. The fraction of sp³-hybridized carbons (Fsp3) is 0.143. The van der Waals surface area contributed by atoms with Gasteiger partial charge in [0.1, 0.15) is 6.54 Å². The molecule has 0 radical (unpaired) electrons. The predicted molar refractivity (Wildman–Crippen MR) is 70.8 cm³/mol. The van der Waals surface area contributed by atoms with Crippen molar-refractivity contribution >= 4 is 17.6 Å². The molecule has 2 rings (SSSR count). The molecule has 1 N–H and O–H groups in total. The molecule has 0 unspecified atom stereocenters. The number of anilines is 1. The zero-order valence-corrected chi connectivity index (χ0v) is 10.5. The van der Waals surface area contributed by atoms with Crippen molar-refractivity contribution < 1.29 is 14.3 Å². The Balaban J connectivity index is 1.96. The van der Waals surface area contributed by atoms with Crippen LogP contribution in [0.4, 0.5) is 5.69 Å². The van der Waals surface area contributed by atoms with E-state index in [4.69, 9.17) is 0 Å². The van der Waals surface area contributed by atoms with Crippen LogP contribution in [-0.2, 0) is 16.1 Å². The molecule has 1 amide bonds. The van der Waals surface area contributed by atoms with Gasteiger partial charge in [-0.25, -0.2) is 4.79 Å². The van der Waals surface area contributed by atoms with Gasteiger partial charge in [0.25, 0.3) is 0 Å². The summed E-state index contributed by atoms with van der Waals surface area (Å²) in [4.78, 5) is 23.0. The molecule has 0 bridgehead atoms. The normalized spacial score (nSPS) is 9.95. The van der Waals surface area contributed by atoms with E-state index >= 15 is 0 Å². The lowest BCUT2D eigenvalue weighted by Crippen LogP contribution is -2.17. The smallest absolute Gasteiger partial charge is 0.337 e. The summed E-state index contributed by atoms with van der Waals surface area (Å²) in [5.41, 5.74) is 1.09. The Morgan fingerprint density at radius 1 is 1.16 bits per heavy atom. The van der Waals surface area contributed by atoms with Crippen LogP contribution in [0.25, 0.3) is 0 Å². The molecular formula is C14H14N2O3. The SMILES string of the molecule is COC(=O)c1ccc(NC(=O)Cn2cccc2)cc1. The highest BCUT2D eigenvalue weighted by Crippen LogP contribution is 2.10. The highest BCUT2D eigenvalue weighted by atomic mass is 16.5. The maximum Gasteiger partial charge on any atom is 0.337 e. The molecule has 19 heavy (non-hydrogen) atoms. The summed E-state index contributed by atoms with van der Waals surface area (Å²) in [5, 5.41) is 2.75. The monoisotopic (exact) mass is 258 g/mol. The molecule has 0 aliphatic rings. The molecule has 0 aliphatic carbocycles. The first-order chi connectivity index (χ1) is 9.19. The molecule has 0 saturated heterocycles. The lowest BCUT2D eigenvalue weighted by atomic mass is 10.2. The van der Waals surface area contributed by atoms with Gasteiger partial charge in [0.05, 0.1) is 12.7 Å². The van der Waals surface area contributed by atoms with Crippen LogP contribution in [0, 0.1) is 0 Å². The number of hydrogen-bond donors (Lipinski definition) is 1. The van der Waals surface area contributed by atoms with E-state index < -0.39 is 5.97 Å². The van der Waals surface area contributed by atoms with Gasteiger partial charge in [0.15, 0.2) is 0 Å². The maximum atomic E-state index is 11.7. The van der Waals surface area contributed by atoms with E-state index in [1.165, 1.54) is 7.11 Å². The molecule has 0 fully saturated rings. The summed E-state index contributed by atoms with van der Waals surface area (Å²) in [6, 6.07) is 10.3. The molecule has 0 aliphatic heterocycles. The van der Waals surface area contributed by atoms with Gasteiger partial charge < -0.3 is 14.6 Å². The summed E-state index contributed by atoms with van der Waals surface area (Å²) in [5.74, 6) is -0.521. The Morgan fingerprint density at radius 2 is 1.79 bits per heavy atom. The number of hydrogen-bond acceptors (Lipinski definition) is 3. The zero-order chi connectivity index (χ0) is 13.7. The van der Waals surface area contributed by atoms with Crippen LogP contribution in [-0.4, -0.2) is 23.6 Å². The van der Waals surface area contributed by atoms with Crippen molar-refractivity contribution in [3.8, 4) is 0 Å². The van der Waals surface area contributed by atoms with Gasteiger partial charge in [0.2, 0.25) is 5.91 Å². The fourth-order valence-electron chi connectivity index (χ4n) is 1.65. The molecule has 0 saturated carbocycles. The third kappa shape index (κ3) is 3.45. The third-order valence-corrected chi connectivity index (χ3v) is 2.58.